The first-order valence-corrected chi connectivity index (χ1v) is 14.2. The average Bonchev–Trinajstić information content (AvgIpc) is 3.18. The van der Waals surface area contributed by atoms with Gasteiger partial charge in [-0.3, -0.25) is 4.79 Å². The summed E-state index contributed by atoms with van der Waals surface area (Å²) < 4.78 is 24.7. The van der Waals surface area contributed by atoms with E-state index >= 15 is 0 Å². The first-order chi connectivity index (χ1) is 18.3. The molecular formula is C33H39FO4. The number of hydrogen-bond donors (Lipinski definition) is 0. The molecule has 3 fully saturated rings. The van der Waals surface area contributed by atoms with Crippen molar-refractivity contribution in [3.63, 3.8) is 0 Å². The Kier molecular flexibility index (Phi) is 7.74. The van der Waals surface area contributed by atoms with E-state index in [4.69, 9.17) is 9.47 Å². The Hall–Kier alpha value is -2.95. The van der Waals surface area contributed by atoms with Crippen molar-refractivity contribution in [2.75, 3.05) is 6.61 Å². The van der Waals surface area contributed by atoms with Crippen LogP contribution in [0.4, 0.5) is 4.39 Å². The fourth-order valence-corrected chi connectivity index (χ4v) is 7.62. The lowest BCUT2D eigenvalue weighted by Crippen LogP contribution is -2.44. The summed E-state index contributed by atoms with van der Waals surface area (Å²) in [6, 6.07) is 6.81. The normalized spacial score (nSPS) is 34.6. The second kappa shape index (κ2) is 11.0. The Morgan fingerprint density at radius 3 is 2.76 bits per heavy atom. The zero-order chi connectivity index (χ0) is 27.0. The largest absolute Gasteiger partial charge is 0.463 e. The number of hydrogen-bond acceptors (Lipinski definition) is 4. The molecule has 2 unspecified atom stereocenters. The molecule has 5 rings (SSSR count). The maximum absolute atomic E-state index is 13.8. The molecule has 0 radical (unpaired) electrons. The zero-order valence-electron chi connectivity index (χ0n) is 22.7. The monoisotopic (exact) mass is 518 g/mol. The Morgan fingerprint density at radius 2 is 2.03 bits per heavy atom. The zero-order valence-corrected chi connectivity index (χ0v) is 22.7. The number of carbonyl (C=O) groups excluding carboxylic acids is 2. The van der Waals surface area contributed by atoms with E-state index in [-0.39, 0.29) is 53.4 Å². The molecule has 1 aliphatic heterocycles. The van der Waals surface area contributed by atoms with E-state index in [1.165, 1.54) is 11.6 Å². The van der Waals surface area contributed by atoms with Gasteiger partial charge in [0.15, 0.2) is 0 Å². The number of carbonyl (C=O) groups is 2. The minimum atomic E-state index is -0.293. The maximum atomic E-state index is 13.8. The van der Waals surface area contributed by atoms with E-state index in [9.17, 15) is 14.0 Å². The van der Waals surface area contributed by atoms with Crippen LogP contribution in [0, 0.1) is 47.2 Å². The van der Waals surface area contributed by atoms with E-state index in [1.54, 1.807) is 12.1 Å². The number of fused-ring (bicyclic) bond motifs is 2. The SMILES string of the molecule is C=C(C(=O)OCC)[C@@H]1CC[C@@H]2C(/C=C/C3=CC=C(c4cccc(F)c4)C(C)C3)[C@H]3[C@H](C[C@@H]2C1)C(=O)O[C@@H]3C. The summed E-state index contributed by atoms with van der Waals surface area (Å²) in [6.07, 6.45) is 13.3. The van der Waals surface area contributed by atoms with Gasteiger partial charge in [-0.2, -0.15) is 0 Å². The smallest absolute Gasteiger partial charge is 0.333 e. The lowest BCUT2D eigenvalue weighted by Gasteiger charge is -2.47. The van der Waals surface area contributed by atoms with Crippen molar-refractivity contribution >= 4 is 17.5 Å². The topological polar surface area (TPSA) is 52.6 Å². The molecule has 0 N–H and O–H groups in total. The van der Waals surface area contributed by atoms with Gasteiger partial charge < -0.3 is 9.47 Å². The minimum Gasteiger partial charge on any atom is -0.463 e. The van der Waals surface area contributed by atoms with Gasteiger partial charge in [-0.25, -0.2) is 9.18 Å². The van der Waals surface area contributed by atoms with Gasteiger partial charge in [0, 0.05) is 11.5 Å². The summed E-state index contributed by atoms with van der Waals surface area (Å²) >= 11 is 0. The van der Waals surface area contributed by atoms with Gasteiger partial charge in [0.05, 0.1) is 12.5 Å². The molecule has 4 nitrogen and oxygen atoms in total. The minimum absolute atomic E-state index is 0.0705. The van der Waals surface area contributed by atoms with Crippen LogP contribution in [0.15, 0.2) is 66.3 Å². The van der Waals surface area contributed by atoms with E-state index < -0.39 is 0 Å². The van der Waals surface area contributed by atoms with Crippen molar-refractivity contribution in [1.29, 1.82) is 0 Å². The molecule has 38 heavy (non-hydrogen) atoms. The lowest BCUT2D eigenvalue weighted by atomic mass is 9.55. The molecule has 5 heteroatoms. The molecular weight excluding hydrogens is 479 g/mol. The van der Waals surface area contributed by atoms with Crippen molar-refractivity contribution in [3.8, 4) is 0 Å². The lowest BCUT2D eigenvalue weighted by molar-refractivity contribution is -0.145. The number of benzene rings is 1. The van der Waals surface area contributed by atoms with E-state index in [2.05, 4.69) is 37.8 Å². The molecule has 3 aliphatic carbocycles. The number of rotatable bonds is 6. The van der Waals surface area contributed by atoms with E-state index in [0.29, 0.717) is 24.0 Å². The Balaban J connectivity index is 1.37. The van der Waals surface area contributed by atoms with Crippen LogP contribution >= 0.6 is 0 Å². The average molecular weight is 519 g/mol. The highest BCUT2D eigenvalue weighted by atomic mass is 19.1. The number of allylic oxidation sites excluding steroid dienone is 6. The Labute approximate surface area is 225 Å². The van der Waals surface area contributed by atoms with E-state index in [0.717, 1.165) is 43.2 Å². The van der Waals surface area contributed by atoms with Gasteiger partial charge in [-0.05, 0) is 104 Å². The molecule has 8 atom stereocenters. The fraction of sp³-hybridized carbons (Fsp3) is 0.515. The molecule has 202 valence electrons. The molecule has 0 aromatic heterocycles. The number of halogens is 1. The van der Waals surface area contributed by atoms with Gasteiger partial charge in [0.25, 0.3) is 0 Å². The summed E-state index contributed by atoms with van der Waals surface area (Å²) in [7, 11) is 0. The second-order valence-electron chi connectivity index (χ2n) is 11.7. The van der Waals surface area contributed by atoms with Crippen LogP contribution in [-0.2, 0) is 19.1 Å². The molecule has 0 bridgehead atoms. The number of ether oxygens (including phenoxy) is 2. The second-order valence-corrected chi connectivity index (χ2v) is 11.7. The van der Waals surface area contributed by atoms with E-state index in [1.807, 2.05) is 19.9 Å². The van der Waals surface area contributed by atoms with Crippen LogP contribution < -0.4 is 0 Å². The number of esters is 2. The first kappa shape index (κ1) is 26.6. The highest BCUT2D eigenvalue weighted by molar-refractivity contribution is 5.88. The first-order valence-electron chi connectivity index (χ1n) is 14.2. The van der Waals surface area contributed by atoms with Crippen molar-refractivity contribution in [2.45, 2.75) is 59.0 Å². The van der Waals surface area contributed by atoms with Crippen LogP contribution in [0.1, 0.15) is 58.4 Å². The maximum Gasteiger partial charge on any atom is 0.333 e. The van der Waals surface area contributed by atoms with Crippen LogP contribution in [0.2, 0.25) is 0 Å². The molecule has 1 saturated heterocycles. The molecule has 2 saturated carbocycles. The summed E-state index contributed by atoms with van der Waals surface area (Å²) in [5.74, 6) is 0.976. The summed E-state index contributed by atoms with van der Waals surface area (Å²) in [5.41, 5.74) is 3.91. The molecule has 1 aromatic rings. The van der Waals surface area contributed by atoms with Gasteiger partial charge in [-0.15, -0.1) is 0 Å². The van der Waals surface area contributed by atoms with Gasteiger partial charge >= 0.3 is 11.9 Å². The third-order valence-electron chi connectivity index (χ3n) is 9.42. The Morgan fingerprint density at radius 1 is 1.21 bits per heavy atom. The quantitative estimate of drug-likeness (QED) is 0.298. The highest BCUT2D eigenvalue weighted by Crippen LogP contribution is 2.55. The molecule has 0 amide bonds. The van der Waals surface area contributed by atoms with Crippen LogP contribution in [-0.4, -0.2) is 24.6 Å². The highest BCUT2D eigenvalue weighted by Gasteiger charge is 2.54. The fourth-order valence-electron chi connectivity index (χ4n) is 7.62. The third-order valence-corrected chi connectivity index (χ3v) is 9.42. The van der Waals surface area contributed by atoms with Crippen LogP contribution in [0.3, 0.4) is 0 Å². The van der Waals surface area contributed by atoms with Crippen molar-refractivity contribution in [1.82, 2.24) is 0 Å². The molecule has 1 aromatic carbocycles. The molecule has 4 aliphatic rings. The van der Waals surface area contributed by atoms with Gasteiger partial charge in [0.1, 0.15) is 11.9 Å². The Bertz CT molecular complexity index is 1190. The predicted molar refractivity (Wildman–Crippen MR) is 146 cm³/mol. The summed E-state index contributed by atoms with van der Waals surface area (Å²) in [4.78, 5) is 25.1. The standard InChI is InChI=1S/C33H39FO4/c1-5-37-32(35)20(3)23-11-14-28-25(16-23)18-30-31(21(4)38-33(30)36)29(28)13-10-22-9-12-27(19(2)15-22)24-7-6-8-26(34)17-24/h6-10,12-13,17,19,21,23,25,28-31H,3,5,11,14-16,18H2,1-2,4H3/b13-10+/t19?,21-,23-,25+,28+,29?,30+,31+/m1/s1. The van der Waals surface area contributed by atoms with Gasteiger partial charge in [-0.1, -0.05) is 49.9 Å². The van der Waals surface area contributed by atoms with Crippen molar-refractivity contribution in [3.05, 3.63) is 77.7 Å². The summed E-state index contributed by atoms with van der Waals surface area (Å²) in [6.45, 7) is 10.5. The van der Waals surface area contributed by atoms with Crippen LogP contribution in [0.5, 0.6) is 0 Å². The molecule has 1 heterocycles. The van der Waals surface area contributed by atoms with Crippen LogP contribution in [0.25, 0.3) is 5.57 Å². The third kappa shape index (κ3) is 5.17. The van der Waals surface area contributed by atoms with Crippen molar-refractivity contribution in [2.24, 2.45) is 41.4 Å². The molecule has 0 spiro atoms. The number of cyclic esters (lactones) is 1. The summed E-state index contributed by atoms with van der Waals surface area (Å²) in [5, 5.41) is 0. The van der Waals surface area contributed by atoms with Gasteiger partial charge in [0.2, 0.25) is 0 Å². The predicted octanol–water partition coefficient (Wildman–Crippen LogP) is 7.08. The van der Waals surface area contributed by atoms with Crippen molar-refractivity contribution < 1.29 is 23.5 Å².